The van der Waals surface area contributed by atoms with Gasteiger partial charge in [0.2, 0.25) is 0 Å². The van der Waals surface area contributed by atoms with Crippen molar-refractivity contribution in [3.05, 3.63) is 28.3 Å². The van der Waals surface area contributed by atoms with Gasteiger partial charge in [0, 0.05) is 36.6 Å². The molecule has 1 heterocycles. The number of hydrogen-bond donors (Lipinski definition) is 1. The van der Waals surface area contributed by atoms with Gasteiger partial charge in [-0.3, -0.25) is 4.90 Å². The van der Waals surface area contributed by atoms with Crippen molar-refractivity contribution in [1.82, 2.24) is 10.2 Å². The average Bonchev–Trinajstić information content (AvgIpc) is 2.84. The molecule has 3 nitrogen and oxygen atoms in total. The highest BCUT2D eigenvalue weighted by Gasteiger charge is 2.19. The highest BCUT2D eigenvalue weighted by molar-refractivity contribution is 6.30. The third kappa shape index (κ3) is 3.85. The zero-order chi connectivity index (χ0) is 13.7. The number of nitrogens with one attached hydrogen (secondary N) is 1. The summed E-state index contributed by atoms with van der Waals surface area (Å²) in [6.07, 6.45) is 2.14. The van der Waals surface area contributed by atoms with Gasteiger partial charge in [-0.05, 0) is 37.7 Å². The molecule has 2 rings (SSSR count). The Morgan fingerprint density at radius 3 is 2.95 bits per heavy atom. The van der Waals surface area contributed by atoms with Gasteiger partial charge in [0.25, 0.3) is 0 Å². The van der Waals surface area contributed by atoms with Crippen LogP contribution >= 0.6 is 11.6 Å². The Kier molecular flexibility index (Phi) is 5.49. The highest BCUT2D eigenvalue weighted by atomic mass is 35.5. The van der Waals surface area contributed by atoms with Crippen LogP contribution in [0.4, 0.5) is 0 Å². The lowest BCUT2D eigenvalue weighted by atomic mass is 10.1. The second-order valence-electron chi connectivity index (χ2n) is 5.03. The maximum atomic E-state index is 6.21. The minimum atomic E-state index is 0.785. The van der Waals surface area contributed by atoms with E-state index < -0.39 is 0 Å². The zero-order valence-corrected chi connectivity index (χ0v) is 12.6. The van der Waals surface area contributed by atoms with E-state index in [1.807, 2.05) is 19.2 Å². The van der Waals surface area contributed by atoms with Crippen LogP contribution < -0.4 is 10.1 Å². The van der Waals surface area contributed by atoms with Gasteiger partial charge >= 0.3 is 0 Å². The molecule has 0 bridgehead atoms. The lowest BCUT2D eigenvalue weighted by molar-refractivity contribution is 0.261. The molecule has 106 valence electrons. The van der Waals surface area contributed by atoms with Crippen LogP contribution in [0.3, 0.4) is 0 Å². The molecule has 0 aliphatic carbocycles. The van der Waals surface area contributed by atoms with Gasteiger partial charge in [-0.1, -0.05) is 18.5 Å². The van der Waals surface area contributed by atoms with Crippen LogP contribution in [-0.4, -0.2) is 38.2 Å². The predicted molar refractivity (Wildman–Crippen MR) is 80.1 cm³/mol. The molecular weight excluding hydrogens is 260 g/mol. The summed E-state index contributed by atoms with van der Waals surface area (Å²) in [5.41, 5.74) is 2.48. The Morgan fingerprint density at radius 2 is 2.21 bits per heavy atom. The van der Waals surface area contributed by atoms with E-state index in [2.05, 4.69) is 17.1 Å². The topological polar surface area (TPSA) is 24.5 Å². The molecule has 0 spiro atoms. The Bertz CT molecular complexity index is 423. The molecule has 1 aromatic rings. The van der Waals surface area contributed by atoms with Crippen molar-refractivity contribution in [1.29, 1.82) is 0 Å². The summed E-state index contributed by atoms with van der Waals surface area (Å²) in [6, 6.07) is 4.08. The monoisotopic (exact) mass is 282 g/mol. The minimum Gasteiger partial charge on any atom is -0.493 e. The van der Waals surface area contributed by atoms with Crippen LogP contribution in [0.25, 0.3) is 0 Å². The summed E-state index contributed by atoms with van der Waals surface area (Å²) < 4.78 is 5.77. The Morgan fingerprint density at radius 1 is 1.37 bits per heavy atom. The molecule has 0 unspecified atom stereocenters. The number of halogens is 1. The molecule has 1 aliphatic rings. The first-order chi connectivity index (χ1) is 9.24. The van der Waals surface area contributed by atoms with E-state index in [1.165, 1.54) is 11.1 Å². The standard InChI is InChI=1S/C15H23ClN2O/c1-3-6-18(7-5-17-2)11-13-10-14(16)9-12-4-8-19-15(12)13/h9-10,17H,3-8,11H2,1-2H3. The number of nitrogens with zero attached hydrogens (tertiary/aromatic N) is 1. The van der Waals surface area contributed by atoms with E-state index in [0.29, 0.717) is 0 Å². The van der Waals surface area contributed by atoms with E-state index in [4.69, 9.17) is 16.3 Å². The second-order valence-corrected chi connectivity index (χ2v) is 5.47. The minimum absolute atomic E-state index is 0.785. The molecule has 0 saturated heterocycles. The Labute approximate surface area is 120 Å². The fourth-order valence-corrected chi connectivity index (χ4v) is 2.82. The van der Waals surface area contributed by atoms with Crippen LogP contribution in [0.15, 0.2) is 12.1 Å². The summed E-state index contributed by atoms with van der Waals surface area (Å²) >= 11 is 6.21. The molecule has 0 atom stereocenters. The van der Waals surface area contributed by atoms with Crippen molar-refractivity contribution in [3.8, 4) is 5.75 Å². The molecule has 19 heavy (non-hydrogen) atoms. The maximum absolute atomic E-state index is 6.21. The summed E-state index contributed by atoms with van der Waals surface area (Å²) in [6.45, 7) is 7.06. The average molecular weight is 283 g/mol. The van der Waals surface area contributed by atoms with Gasteiger partial charge in [0.1, 0.15) is 5.75 Å². The third-order valence-electron chi connectivity index (χ3n) is 3.44. The van der Waals surface area contributed by atoms with Crippen molar-refractivity contribution in [2.45, 2.75) is 26.3 Å². The number of ether oxygens (including phenoxy) is 1. The predicted octanol–water partition coefficient (Wildman–Crippen LogP) is 2.71. The van der Waals surface area contributed by atoms with Crippen LogP contribution in [-0.2, 0) is 13.0 Å². The molecule has 0 aromatic heterocycles. The summed E-state index contributed by atoms with van der Waals surface area (Å²) in [5.74, 6) is 1.06. The van der Waals surface area contributed by atoms with Crippen molar-refractivity contribution >= 4 is 11.6 Å². The van der Waals surface area contributed by atoms with Crippen molar-refractivity contribution in [2.24, 2.45) is 0 Å². The van der Waals surface area contributed by atoms with Crippen molar-refractivity contribution in [2.75, 3.05) is 33.3 Å². The van der Waals surface area contributed by atoms with Crippen molar-refractivity contribution < 1.29 is 4.74 Å². The van der Waals surface area contributed by atoms with Gasteiger partial charge in [-0.2, -0.15) is 0 Å². The second kappa shape index (κ2) is 7.13. The third-order valence-corrected chi connectivity index (χ3v) is 3.66. The Balaban J connectivity index is 2.12. The van der Waals surface area contributed by atoms with Gasteiger partial charge in [-0.25, -0.2) is 0 Å². The maximum Gasteiger partial charge on any atom is 0.127 e. The lowest BCUT2D eigenvalue weighted by Gasteiger charge is -2.22. The van der Waals surface area contributed by atoms with Gasteiger partial charge in [0.05, 0.1) is 6.61 Å². The molecule has 1 aliphatic heterocycles. The molecule has 0 amide bonds. The molecule has 4 heteroatoms. The fraction of sp³-hybridized carbons (Fsp3) is 0.600. The molecule has 0 radical (unpaired) electrons. The van der Waals surface area contributed by atoms with E-state index in [0.717, 1.165) is 56.4 Å². The molecule has 0 saturated carbocycles. The zero-order valence-electron chi connectivity index (χ0n) is 11.8. The summed E-state index contributed by atoms with van der Waals surface area (Å²) in [5, 5.41) is 4.03. The first-order valence-electron chi connectivity index (χ1n) is 7.05. The normalized spacial score (nSPS) is 13.7. The smallest absolute Gasteiger partial charge is 0.127 e. The lowest BCUT2D eigenvalue weighted by Crippen LogP contribution is -2.31. The SMILES string of the molecule is CCCN(CCNC)Cc1cc(Cl)cc2c1OCC2. The van der Waals surface area contributed by atoms with Gasteiger partial charge in [-0.15, -0.1) is 0 Å². The molecule has 1 N–H and O–H groups in total. The quantitative estimate of drug-likeness (QED) is 0.832. The Hall–Kier alpha value is -0.770. The number of benzene rings is 1. The van der Waals surface area contributed by atoms with Gasteiger partial charge in [0.15, 0.2) is 0 Å². The first-order valence-corrected chi connectivity index (χ1v) is 7.43. The first kappa shape index (κ1) is 14.6. The van der Waals surface area contributed by atoms with Crippen molar-refractivity contribution in [3.63, 3.8) is 0 Å². The fourth-order valence-electron chi connectivity index (χ4n) is 2.56. The van der Waals surface area contributed by atoms with Crippen LogP contribution in [0.1, 0.15) is 24.5 Å². The summed E-state index contributed by atoms with van der Waals surface area (Å²) in [4.78, 5) is 2.45. The van der Waals surface area contributed by atoms with E-state index in [1.54, 1.807) is 0 Å². The summed E-state index contributed by atoms with van der Waals surface area (Å²) in [7, 11) is 1.99. The van der Waals surface area contributed by atoms with E-state index in [-0.39, 0.29) is 0 Å². The highest BCUT2D eigenvalue weighted by Crippen LogP contribution is 2.33. The van der Waals surface area contributed by atoms with Gasteiger partial charge < -0.3 is 10.1 Å². The number of hydrogen-bond acceptors (Lipinski definition) is 3. The molecular formula is C15H23ClN2O. The van der Waals surface area contributed by atoms with E-state index in [9.17, 15) is 0 Å². The number of likely N-dealkylation sites (N-methyl/N-ethyl adjacent to an activating group) is 1. The van der Waals surface area contributed by atoms with Crippen LogP contribution in [0, 0.1) is 0 Å². The number of fused-ring (bicyclic) bond motifs is 1. The van der Waals surface area contributed by atoms with Crippen LogP contribution in [0.5, 0.6) is 5.75 Å². The molecule has 0 fully saturated rings. The van der Waals surface area contributed by atoms with Crippen LogP contribution in [0.2, 0.25) is 5.02 Å². The largest absolute Gasteiger partial charge is 0.493 e. The number of rotatable bonds is 7. The van der Waals surface area contributed by atoms with E-state index >= 15 is 0 Å². The molecule has 1 aromatic carbocycles.